The molecule has 0 radical (unpaired) electrons. The second kappa shape index (κ2) is 13.0. The Hall–Kier alpha value is -7.16. The van der Waals surface area contributed by atoms with Gasteiger partial charge in [-0.2, -0.15) is 0 Å². The highest BCUT2D eigenvalue weighted by atomic mass is 14.9. The van der Waals surface area contributed by atoms with Crippen molar-refractivity contribution in [3.63, 3.8) is 0 Å². The highest BCUT2D eigenvalue weighted by Gasteiger charge is 2.37. The number of fused-ring (bicyclic) bond motifs is 7. The van der Waals surface area contributed by atoms with Gasteiger partial charge in [0, 0.05) is 22.1 Å². The van der Waals surface area contributed by atoms with Crippen LogP contribution in [0.2, 0.25) is 0 Å². The molecule has 11 rings (SSSR count). The minimum atomic E-state index is -0.0756. The van der Waals surface area contributed by atoms with Crippen molar-refractivity contribution >= 4 is 32.3 Å². The van der Waals surface area contributed by atoms with Crippen molar-refractivity contribution in [2.75, 3.05) is 0 Å². The Bertz CT molecular complexity index is 3210. The normalized spacial score (nSPS) is 12.9. The lowest BCUT2D eigenvalue weighted by molar-refractivity contribution is 0.666. The molecule has 57 heavy (non-hydrogen) atoms. The van der Waals surface area contributed by atoms with E-state index in [1.165, 1.54) is 71.4 Å². The summed E-state index contributed by atoms with van der Waals surface area (Å²) in [5, 5.41) is 7.35. The molecule has 0 N–H and O–H groups in total. The van der Waals surface area contributed by atoms with E-state index in [2.05, 4.69) is 190 Å². The Balaban J connectivity index is 1.03. The minimum absolute atomic E-state index is 0.0756. The summed E-state index contributed by atoms with van der Waals surface area (Å²) in [5.74, 6) is 0.713. The van der Waals surface area contributed by atoms with Crippen LogP contribution in [0.15, 0.2) is 194 Å². The summed E-state index contributed by atoms with van der Waals surface area (Å²) in [7, 11) is 0. The van der Waals surface area contributed by atoms with Crippen molar-refractivity contribution in [1.29, 1.82) is 0 Å². The van der Waals surface area contributed by atoms with Gasteiger partial charge in [0.1, 0.15) is 0 Å². The maximum Gasteiger partial charge on any atom is 0.160 e. The first-order valence-corrected chi connectivity index (χ1v) is 19.7. The molecule has 10 aromatic rings. The lowest BCUT2D eigenvalue weighted by Crippen LogP contribution is -2.15. The summed E-state index contributed by atoms with van der Waals surface area (Å²) in [6.07, 6.45) is 0. The zero-order valence-corrected chi connectivity index (χ0v) is 31.9. The summed E-state index contributed by atoms with van der Waals surface area (Å²) < 4.78 is 0. The number of rotatable bonds is 5. The predicted octanol–water partition coefficient (Wildman–Crippen LogP) is 14.6. The number of nitrogens with zero attached hydrogens (tertiary/aromatic N) is 2. The molecule has 9 aromatic carbocycles. The molecule has 1 heterocycles. The molecule has 0 bridgehead atoms. The molecule has 1 aliphatic rings. The highest BCUT2D eigenvalue weighted by molar-refractivity contribution is 6.06. The fourth-order valence-corrected chi connectivity index (χ4v) is 9.32. The summed E-state index contributed by atoms with van der Waals surface area (Å²) in [6.45, 7) is 4.74. The molecule has 0 unspecified atom stereocenters. The predicted molar refractivity (Wildman–Crippen MR) is 239 cm³/mol. The van der Waals surface area contributed by atoms with Gasteiger partial charge in [-0.3, -0.25) is 0 Å². The van der Waals surface area contributed by atoms with E-state index in [9.17, 15) is 0 Å². The third kappa shape index (κ3) is 5.40. The number of aromatic nitrogens is 2. The molecule has 2 nitrogen and oxygen atoms in total. The Morgan fingerprint density at radius 2 is 0.877 bits per heavy atom. The SMILES string of the molecule is CC1(C)c2ccc(-c3cccc(-c4ccc(-c5cc(-c6cccc7ccccc67)nc(-c6ccccc6)n5)c5ccccc45)c3)cc2-c2ccc3ccccc3c21. The average molecular weight is 727 g/mol. The summed E-state index contributed by atoms with van der Waals surface area (Å²) in [5.41, 5.74) is 15.2. The third-order valence-corrected chi connectivity index (χ3v) is 12.1. The van der Waals surface area contributed by atoms with E-state index in [0.717, 1.165) is 33.5 Å². The average Bonchev–Trinajstić information content (AvgIpc) is 3.51. The fourth-order valence-electron chi connectivity index (χ4n) is 9.32. The number of hydrogen-bond donors (Lipinski definition) is 0. The largest absolute Gasteiger partial charge is 0.228 e. The Kier molecular flexibility index (Phi) is 7.55. The van der Waals surface area contributed by atoms with E-state index in [0.29, 0.717) is 5.82 Å². The van der Waals surface area contributed by atoms with Crippen LogP contribution in [0.25, 0.3) is 99.6 Å². The molecular formula is C55H38N2. The topological polar surface area (TPSA) is 25.8 Å². The molecule has 0 fully saturated rings. The lowest BCUT2D eigenvalue weighted by atomic mass is 9.80. The van der Waals surface area contributed by atoms with Crippen LogP contribution in [-0.4, -0.2) is 9.97 Å². The molecule has 1 aliphatic carbocycles. The van der Waals surface area contributed by atoms with Crippen molar-refractivity contribution < 1.29 is 0 Å². The van der Waals surface area contributed by atoms with Gasteiger partial charge in [0.05, 0.1) is 11.4 Å². The maximum absolute atomic E-state index is 5.25. The van der Waals surface area contributed by atoms with E-state index < -0.39 is 0 Å². The second-order valence-corrected chi connectivity index (χ2v) is 15.7. The van der Waals surface area contributed by atoms with E-state index >= 15 is 0 Å². The molecule has 0 saturated carbocycles. The van der Waals surface area contributed by atoms with E-state index in [1.807, 2.05) is 18.2 Å². The molecule has 268 valence electrons. The number of hydrogen-bond acceptors (Lipinski definition) is 2. The Labute approximate surface area is 332 Å². The first-order chi connectivity index (χ1) is 28.0. The molecule has 0 amide bonds. The van der Waals surface area contributed by atoms with Crippen LogP contribution >= 0.6 is 0 Å². The van der Waals surface area contributed by atoms with Crippen LogP contribution in [-0.2, 0) is 5.41 Å². The smallest absolute Gasteiger partial charge is 0.160 e. The standard InChI is InChI=1S/C55H38N2/c1-55(2)50-31-27-39(33-49(50)48-28-26-36-15-7-9-22-43(36)53(48)55)38-19-12-20-40(32-38)42-29-30-47(45-24-11-10-23-44(42)45)52-34-51(56-54(57-52)37-16-4-3-5-17-37)46-25-13-18-35-14-6-8-21-41(35)46/h3-34H,1-2H3. The minimum Gasteiger partial charge on any atom is -0.228 e. The van der Waals surface area contributed by atoms with Crippen LogP contribution in [0, 0.1) is 0 Å². The monoisotopic (exact) mass is 726 g/mol. The molecule has 2 heteroatoms. The van der Waals surface area contributed by atoms with Gasteiger partial charge in [-0.05, 0) is 95.0 Å². The van der Waals surface area contributed by atoms with E-state index in [4.69, 9.17) is 9.97 Å². The van der Waals surface area contributed by atoms with Gasteiger partial charge >= 0.3 is 0 Å². The van der Waals surface area contributed by atoms with Crippen molar-refractivity contribution in [3.8, 4) is 67.3 Å². The first kappa shape index (κ1) is 33.2. The van der Waals surface area contributed by atoms with Crippen molar-refractivity contribution in [1.82, 2.24) is 9.97 Å². The second-order valence-electron chi connectivity index (χ2n) is 15.7. The molecular weight excluding hydrogens is 689 g/mol. The van der Waals surface area contributed by atoms with Gasteiger partial charge in [-0.25, -0.2) is 9.97 Å². The quantitative estimate of drug-likeness (QED) is 0.176. The lowest BCUT2D eigenvalue weighted by Gasteiger charge is -2.23. The summed E-state index contributed by atoms with van der Waals surface area (Å²) in [6, 6.07) is 70.1. The zero-order valence-electron chi connectivity index (χ0n) is 31.9. The maximum atomic E-state index is 5.25. The molecule has 0 aliphatic heterocycles. The Morgan fingerprint density at radius 1 is 0.333 bits per heavy atom. The summed E-state index contributed by atoms with van der Waals surface area (Å²) in [4.78, 5) is 10.4. The molecule has 1 aromatic heterocycles. The number of benzene rings is 9. The van der Waals surface area contributed by atoms with Gasteiger partial charge in [-0.15, -0.1) is 0 Å². The van der Waals surface area contributed by atoms with E-state index in [1.54, 1.807) is 0 Å². The van der Waals surface area contributed by atoms with Crippen molar-refractivity contribution in [2.45, 2.75) is 19.3 Å². The molecule has 0 atom stereocenters. The van der Waals surface area contributed by atoms with E-state index in [-0.39, 0.29) is 5.41 Å². The van der Waals surface area contributed by atoms with Crippen LogP contribution in [0.5, 0.6) is 0 Å². The summed E-state index contributed by atoms with van der Waals surface area (Å²) >= 11 is 0. The van der Waals surface area contributed by atoms with Crippen molar-refractivity contribution in [3.05, 3.63) is 205 Å². The third-order valence-electron chi connectivity index (χ3n) is 12.1. The van der Waals surface area contributed by atoms with Gasteiger partial charge in [0.15, 0.2) is 5.82 Å². The Morgan fingerprint density at radius 3 is 1.67 bits per heavy atom. The zero-order chi connectivity index (χ0) is 38.1. The van der Waals surface area contributed by atoms with Crippen LogP contribution in [0.3, 0.4) is 0 Å². The highest BCUT2D eigenvalue weighted by Crippen LogP contribution is 2.52. The van der Waals surface area contributed by atoms with Gasteiger partial charge < -0.3 is 0 Å². The van der Waals surface area contributed by atoms with Crippen LogP contribution < -0.4 is 0 Å². The van der Waals surface area contributed by atoms with Crippen LogP contribution in [0.1, 0.15) is 25.0 Å². The fraction of sp³-hybridized carbons (Fsp3) is 0.0545. The molecule has 0 saturated heterocycles. The van der Waals surface area contributed by atoms with Gasteiger partial charge in [-0.1, -0.05) is 190 Å². The van der Waals surface area contributed by atoms with Crippen LogP contribution in [0.4, 0.5) is 0 Å². The van der Waals surface area contributed by atoms with Gasteiger partial charge in [0.2, 0.25) is 0 Å². The van der Waals surface area contributed by atoms with Crippen molar-refractivity contribution in [2.24, 2.45) is 0 Å². The molecule has 0 spiro atoms. The first-order valence-electron chi connectivity index (χ1n) is 19.7. The van der Waals surface area contributed by atoms with Gasteiger partial charge in [0.25, 0.3) is 0 Å².